The number of ether oxygens (including phenoxy) is 2. The molecule has 0 aromatic heterocycles. The second-order valence-corrected chi connectivity index (χ2v) is 5.59. The molecule has 0 aliphatic carbocycles. The van der Waals surface area contributed by atoms with Crippen molar-refractivity contribution in [1.82, 2.24) is 10.2 Å². The van der Waals surface area contributed by atoms with Gasteiger partial charge in [0.05, 0.1) is 6.61 Å². The fraction of sp³-hybridized carbons (Fsp3) is 0.389. The maximum Gasteiger partial charge on any atom is 0.513 e. The van der Waals surface area contributed by atoms with Crippen molar-refractivity contribution in [2.75, 3.05) is 19.7 Å². The minimum Gasteiger partial charge on any atom is -0.434 e. The second kappa shape index (κ2) is 8.86. The van der Waals surface area contributed by atoms with Gasteiger partial charge in [-0.25, -0.2) is 4.79 Å². The van der Waals surface area contributed by atoms with Crippen LogP contribution >= 0.6 is 0 Å². The lowest BCUT2D eigenvalue weighted by molar-refractivity contribution is -0.117. The van der Waals surface area contributed by atoms with Crippen molar-refractivity contribution in [3.05, 3.63) is 42.5 Å². The van der Waals surface area contributed by atoms with Crippen molar-refractivity contribution in [3.8, 4) is 5.75 Å². The highest BCUT2D eigenvalue weighted by Crippen LogP contribution is 2.17. The van der Waals surface area contributed by atoms with E-state index in [1.54, 1.807) is 36.1 Å². The number of nitrogens with one attached hydrogen (secondary N) is 1. The molecule has 1 aromatic rings. The molecule has 1 N–H and O–H groups in total. The van der Waals surface area contributed by atoms with Crippen molar-refractivity contribution >= 4 is 18.0 Å². The summed E-state index contributed by atoms with van der Waals surface area (Å²) >= 11 is 0. The predicted octanol–water partition coefficient (Wildman–Crippen LogP) is 2.13. The van der Waals surface area contributed by atoms with E-state index >= 15 is 0 Å². The average molecular weight is 346 g/mol. The van der Waals surface area contributed by atoms with Crippen molar-refractivity contribution < 1.29 is 23.9 Å². The summed E-state index contributed by atoms with van der Waals surface area (Å²) in [5.74, 6) is 0.0407. The number of nitrogens with zero attached hydrogens (tertiary/aromatic N) is 1. The molecule has 0 saturated carbocycles. The Kier molecular flexibility index (Phi) is 6.56. The number of likely N-dealkylation sites (tertiary alicyclic amines) is 1. The first kappa shape index (κ1) is 18.5. The smallest absolute Gasteiger partial charge is 0.434 e. The highest BCUT2D eigenvalue weighted by molar-refractivity contribution is 5.94. The second-order valence-electron chi connectivity index (χ2n) is 5.59. The Balaban J connectivity index is 1.88. The van der Waals surface area contributed by atoms with E-state index in [2.05, 4.69) is 11.9 Å². The normalized spacial score (nSPS) is 14.5. The number of piperidine rings is 1. The number of amides is 2. The Morgan fingerprint density at radius 1 is 1.24 bits per heavy atom. The summed E-state index contributed by atoms with van der Waals surface area (Å²) in [6.45, 7) is 6.50. The van der Waals surface area contributed by atoms with Crippen LogP contribution in [0.25, 0.3) is 0 Å². The Morgan fingerprint density at radius 2 is 1.88 bits per heavy atom. The summed E-state index contributed by atoms with van der Waals surface area (Å²) in [5, 5.41) is 2.85. The first-order valence-electron chi connectivity index (χ1n) is 8.20. The van der Waals surface area contributed by atoms with Crippen molar-refractivity contribution in [3.63, 3.8) is 0 Å². The highest BCUT2D eigenvalue weighted by atomic mass is 16.7. The number of hydrogen-bond acceptors (Lipinski definition) is 5. The molecule has 0 spiro atoms. The van der Waals surface area contributed by atoms with Crippen molar-refractivity contribution in [2.45, 2.75) is 25.8 Å². The van der Waals surface area contributed by atoms with Gasteiger partial charge in [0.25, 0.3) is 5.91 Å². The van der Waals surface area contributed by atoms with Crippen LogP contribution in [0, 0.1) is 0 Å². The third-order valence-corrected chi connectivity index (χ3v) is 3.88. The van der Waals surface area contributed by atoms with Gasteiger partial charge in [0, 0.05) is 24.7 Å². The summed E-state index contributed by atoms with van der Waals surface area (Å²) in [6, 6.07) is 6.41. The SMILES string of the molecule is C=CC(=O)NC1CCN(C(=O)c2ccc(OC(=O)OCC)cc2)CC1. The van der Waals surface area contributed by atoms with Gasteiger partial charge >= 0.3 is 6.16 Å². The molecule has 7 heteroatoms. The van der Waals surface area contributed by atoms with Crippen LogP contribution in [-0.2, 0) is 9.53 Å². The Labute approximate surface area is 146 Å². The minimum absolute atomic E-state index is 0.0647. The Bertz CT molecular complexity index is 633. The lowest BCUT2D eigenvalue weighted by Gasteiger charge is -2.32. The van der Waals surface area contributed by atoms with E-state index in [0.29, 0.717) is 37.2 Å². The van der Waals surface area contributed by atoms with E-state index in [1.807, 2.05) is 0 Å². The topological polar surface area (TPSA) is 84.9 Å². The van der Waals surface area contributed by atoms with E-state index in [4.69, 9.17) is 9.47 Å². The summed E-state index contributed by atoms with van der Waals surface area (Å²) in [7, 11) is 0. The Morgan fingerprint density at radius 3 is 2.44 bits per heavy atom. The zero-order valence-electron chi connectivity index (χ0n) is 14.2. The van der Waals surface area contributed by atoms with Crippen LogP contribution < -0.4 is 10.1 Å². The van der Waals surface area contributed by atoms with Gasteiger partial charge in [0.2, 0.25) is 5.91 Å². The number of hydrogen-bond donors (Lipinski definition) is 1. The summed E-state index contributed by atoms with van der Waals surface area (Å²) in [6.07, 6.45) is 1.88. The molecule has 1 aliphatic heterocycles. The van der Waals surface area contributed by atoms with Gasteiger partial charge in [-0.2, -0.15) is 0 Å². The van der Waals surface area contributed by atoms with Gasteiger partial charge < -0.3 is 19.7 Å². The summed E-state index contributed by atoms with van der Waals surface area (Å²) < 4.78 is 9.65. The van der Waals surface area contributed by atoms with Crippen LogP contribution in [0.1, 0.15) is 30.1 Å². The van der Waals surface area contributed by atoms with Gasteiger partial charge in [-0.1, -0.05) is 6.58 Å². The van der Waals surface area contributed by atoms with E-state index in [9.17, 15) is 14.4 Å². The fourth-order valence-corrected chi connectivity index (χ4v) is 2.58. The van der Waals surface area contributed by atoms with Gasteiger partial charge in [0.15, 0.2) is 0 Å². The van der Waals surface area contributed by atoms with Gasteiger partial charge in [0.1, 0.15) is 5.75 Å². The van der Waals surface area contributed by atoms with E-state index in [0.717, 1.165) is 0 Å². The molecule has 0 atom stereocenters. The van der Waals surface area contributed by atoms with Gasteiger partial charge in [-0.15, -0.1) is 0 Å². The first-order chi connectivity index (χ1) is 12.0. The number of carbonyl (C=O) groups is 3. The first-order valence-corrected chi connectivity index (χ1v) is 8.20. The van der Waals surface area contributed by atoms with E-state index in [-0.39, 0.29) is 24.5 Å². The van der Waals surface area contributed by atoms with Crippen LogP contribution in [0.3, 0.4) is 0 Å². The standard InChI is InChI=1S/C18H22N2O5/c1-3-16(21)19-14-9-11-20(12-10-14)17(22)13-5-7-15(8-6-13)25-18(23)24-4-2/h3,5-8,14H,1,4,9-12H2,2H3,(H,19,21). The molecule has 0 unspecified atom stereocenters. The molecule has 0 bridgehead atoms. The van der Waals surface area contributed by atoms with Gasteiger partial charge in [-0.3, -0.25) is 9.59 Å². The van der Waals surface area contributed by atoms with Crippen LogP contribution in [-0.4, -0.2) is 48.6 Å². The molecular formula is C18H22N2O5. The number of benzene rings is 1. The summed E-state index contributed by atoms with van der Waals surface area (Å²) in [5.41, 5.74) is 0.518. The zero-order chi connectivity index (χ0) is 18.2. The summed E-state index contributed by atoms with van der Waals surface area (Å²) in [4.78, 5) is 36.8. The molecule has 1 aliphatic rings. The van der Waals surface area contributed by atoms with E-state index < -0.39 is 6.16 Å². The molecule has 0 radical (unpaired) electrons. The third-order valence-electron chi connectivity index (χ3n) is 3.88. The maximum absolute atomic E-state index is 12.5. The molecule has 25 heavy (non-hydrogen) atoms. The lowest BCUT2D eigenvalue weighted by Crippen LogP contribution is -2.46. The quantitative estimate of drug-likeness (QED) is 0.501. The predicted molar refractivity (Wildman–Crippen MR) is 91.4 cm³/mol. The van der Waals surface area contributed by atoms with Crippen molar-refractivity contribution in [2.24, 2.45) is 0 Å². The maximum atomic E-state index is 12.5. The molecule has 134 valence electrons. The number of carbonyl (C=O) groups excluding carboxylic acids is 3. The largest absolute Gasteiger partial charge is 0.513 e. The molecule has 1 aromatic carbocycles. The molecule has 1 fully saturated rings. The third kappa shape index (κ3) is 5.34. The average Bonchev–Trinajstić information content (AvgIpc) is 2.62. The van der Waals surface area contributed by atoms with Crippen LogP contribution in [0.15, 0.2) is 36.9 Å². The monoisotopic (exact) mass is 346 g/mol. The molecular weight excluding hydrogens is 324 g/mol. The minimum atomic E-state index is -0.773. The van der Waals surface area contributed by atoms with Crippen LogP contribution in [0.2, 0.25) is 0 Å². The fourth-order valence-electron chi connectivity index (χ4n) is 2.58. The number of rotatable bonds is 5. The molecule has 2 amide bonds. The van der Waals surface area contributed by atoms with E-state index in [1.165, 1.54) is 6.08 Å². The van der Waals surface area contributed by atoms with Gasteiger partial charge in [-0.05, 0) is 50.1 Å². The molecule has 2 rings (SSSR count). The molecule has 7 nitrogen and oxygen atoms in total. The zero-order valence-corrected chi connectivity index (χ0v) is 14.2. The highest BCUT2D eigenvalue weighted by Gasteiger charge is 2.24. The van der Waals surface area contributed by atoms with Crippen LogP contribution in [0.4, 0.5) is 4.79 Å². The lowest BCUT2D eigenvalue weighted by atomic mass is 10.0. The molecule has 1 heterocycles. The molecule has 1 saturated heterocycles. The van der Waals surface area contributed by atoms with Crippen molar-refractivity contribution in [1.29, 1.82) is 0 Å². The Hall–Kier alpha value is -2.83. The van der Waals surface area contributed by atoms with Crippen LogP contribution in [0.5, 0.6) is 5.75 Å².